The van der Waals surface area contributed by atoms with E-state index < -0.39 is 5.79 Å². The van der Waals surface area contributed by atoms with Gasteiger partial charge in [0.2, 0.25) is 0 Å². The summed E-state index contributed by atoms with van der Waals surface area (Å²) < 4.78 is 6.38. The molecule has 0 aromatic carbocycles. The molecular weight excluding hydrogens is 240 g/mol. The lowest BCUT2D eigenvalue weighted by Crippen LogP contribution is -2.67. The first kappa shape index (κ1) is 12.6. The van der Waals surface area contributed by atoms with E-state index in [-0.39, 0.29) is 11.7 Å². The summed E-state index contributed by atoms with van der Waals surface area (Å²) in [6.07, 6.45) is 7.45. The van der Waals surface area contributed by atoms with Gasteiger partial charge in [0.25, 0.3) is 0 Å². The second-order valence-corrected chi connectivity index (χ2v) is 7.62. The van der Waals surface area contributed by atoms with Crippen LogP contribution in [0.2, 0.25) is 0 Å². The monoisotopic (exact) mass is 266 g/mol. The lowest BCUT2D eigenvalue weighted by molar-refractivity contribution is -0.538. The first-order valence-corrected chi connectivity index (χ1v) is 8.10. The van der Waals surface area contributed by atoms with Crippen LogP contribution in [0.5, 0.6) is 0 Å². The number of hydrogen-bond acceptors (Lipinski definition) is 3. The Bertz CT molecular complexity index is 384. The average molecular weight is 266 g/mol. The highest BCUT2D eigenvalue weighted by Gasteiger charge is 2.66. The van der Waals surface area contributed by atoms with Gasteiger partial charge in [-0.15, -0.1) is 0 Å². The SMILES string of the molecule is C[C@@H]1CC[C@H]2[C@@H](C)CC[C@@H]3O[C@]4(C)CCC1[C@]32OO4. The third-order valence-corrected chi connectivity index (χ3v) is 6.52. The maximum Gasteiger partial charge on any atom is 0.199 e. The zero-order valence-electron chi connectivity index (χ0n) is 12.4. The van der Waals surface area contributed by atoms with E-state index >= 15 is 0 Å². The van der Waals surface area contributed by atoms with Gasteiger partial charge in [-0.3, -0.25) is 0 Å². The van der Waals surface area contributed by atoms with E-state index in [2.05, 4.69) is 20.8 Å². The van der Waals surface area contributed by atoms with Crippen LogP contribution in [0, 0.1) is 23.7 Å². The predicted molar refractivity (Wildman–Crippen MR) is 71.2 cm³/mol. The summed E-state index contributed by atoms with van der Waals surface area (Å²) in [5.41, 5.74) is -0.147. The van der Waals surface area contributed by atoms with Crippen molar-refractivity contribution in [2.75, 3.05) is 0 Å². The van der Waals surface area contributed by atoms with Crippen molar-refractivity contribution in [1.82, 2.24) is 0 Å². The van der Waals surface area contributed by atoms with Crippen molar-refractivity contribution in [3.05, 3.63) is 0 Å². The van der Waals surface area contributed by atoms with Crippen LogP contribution < -0.4 is 0 Å². The van der Waals surface area contributed by atoms with Crippen molar-refractivity contribution in [1.29, 1.82) is 0 Å². The Labute approximate surface area is 115 Å². The van der Waals surface area contributed by atoms with Crippen molar-refractivity contribution < 1.29 is 14.5 Å². The summed E-state index contributed by atoms with van der Waals surface area (Å²) in [6, 6.07) is 0. The Morgan fingerprint density at radius 2 is 1.53 bits per heavy atom. The molecule has 0 amide bonds. The van der Waals surface area contributed by atoms with Crippen LogP contribution in [-0.2, 0) is 14.5 Å². The lowest BCUT2D eigenvalue weighted by atomic mass is 9.54. The van der Waals surface area contributed by atoms with Gasteiger partial charge in [0.1, 0.15) is 5.60 Å². The molecule has 5 rings (SSSR count). The minimum absolute atomic E-state index is 0.147. The van der Waals surface area contributed by atoms with Crippen molar-refractivity contribution in [2.45, 2.75) is 76.8 Å². The standard InChI is InChI=1S/C16H26O3/c1-10-4-6-12-11(2)5-7-14-16(12)13(10)8-9-15(3,17-14)18-19-16/h10-14H,4-9H2,1-3H3/t10-,11+,12+,13?,14+,15+,16+/m1/s1. The van der Waals surface area contributed by atoms with Crippen LogP contribution in [0.15, 0.2) is 0 Å². The summed E-state index contributed by atoms with van der Waals surface area (Å²) in [6.45, 7) is 6.84. The van der Waals surface area contributed by atoms with E-state index in [9.17, 15) is 0 Å². The summed E-state index contributed by atoms with van der Waals surface area (Å²) in [5.74, 6) is 2.20. The maximum absolute atomic E-state index is 6.38. The molecule has 2 bridgehead atoms. The molecule has 2 saturated carbocycles. The molecule has 0 aromatic rings. The van der Waals surface area contributed by atoms with Gasteiger partial charge >= 0.3 is 0 Å². The molecule has 3 heterocycles. The Morgan fingerprint density at radius 1 is 0.842 bits per heavy atom. The number of fused-ring (bicyclic) bond motifs is 2. The van der Waals surface area contributed by atoms with E-state index in [0.717, 1.165) is 24.7 Å². The molecule has 19 heavy (non-hydrogen) atoms. The Kier molecular flexibility index (Phi) is 2.63. The highest BCUT2D eigenvalue weighted by atomic mass is 17.3. The van der Waals surface area contributed by atoms with Gasteiger partial charge in [0, 0.05) is 6.42 Å². The second-order valence-electron chi connectivity index (χ2n) is 7.62. The molecule has 7 atom stereocenters. The molecule has 3 aliphatic heterocycles. The quantitative estimate of drug-likeness (QED) is 0.626. The first-order valence-electron chi connectivity index (χ1n) is 8.10. The summed E-state index contributed by atoms with van der Waals surface area (Å²) in [7, 11) is 0. The first-order chi connectivity index (χ1) is 9.05. The van der Waals surface area contributed by atoms with Crippen LogP contribution in [0.1, 0.15) is 59.3 Å². The smallest absolute Gasteiger partial charge is 0.199 e. The third-order valence-electron chi connectivity index (χ3n) is 6.52. The molecule has 0 radical (unpaired) electrons. The van der Waals surface area contributed by atoms with E-state index in [1.807, 2.05) is 0 Å². The highest BCUT2D eigenvalue weighted by Crippen LogP contribution is 2.60. The number of hydrogen-bond donors (Lipinski definition) is 0. The summed E-state index contributed by atoms with van der Waals surface area (Å²) in [4.78, 5) is 11.9. The zero-order chi connectivity index (χ0) is 13.3. The molecule has 108 valence electrons. The van der Waals surface area contributed by atoms with E-state index in [1.165, 1.54) is 25.7 Å². The average Bonchev–Trinajstić information content (AvgIpc) is 2.61. The molecule has 0 N–H and O–H groups in total. The molecule has 3 heteroatoms. The van der Waals surface area contributed by atoms with Gasteiger partial charge in [-0.2, -0.15) is 0 Å². The number of ether oxygens (including phenoxy) is 1. The summed E-state index contributed by atoms with van der Waals surface area (Å²) in [5, 5.41) is 0. The summed E-state index contributed by atoms with van der Waals surface area (Å²) >= 11 is 0. The molecule has 1 spiro atoms. The van der Waals surface area contributed by atoms with E-state index in [4.69, 9.17) is 14.5 Å². The van der Waals surface area contributed by atoms with Crippen LogP contribution in [0.4, 0.5) is 0 Å². The van der Waals surface area contributed by atoms with Crippen LogP contribution in [0.3, 0.4) is 0 Å². The van der Waals surface area contributed by atoms with Gasteiger partial charge in [0.15, 0.2) is 5.79 Å². The normalized spacial score (nSPS) is 60.5. The van der Waals surface area contributed by atoms with Crippen molar-refractivity contribution in [3.8, 4) is 0 Å². The van der Waals surface area contributed by atoms with E-state index in [0.29, 0.717) is 11.8 Å². The van der Waals surface area contributed by atoms with Crippen LogP contribution in [-0.4, -0.2) is 17.5 Å². The Hall–Kier alpha value is -0.120. The van der Waals surface area contributed by atoms with E-state index in [1.54, 1.807) is 0 Å². The topological polar surface area (TPSA) is 27.7 Å². The molecule has 1 unspecified atom stereocenters. The van der Waals surface area contributed by atoms with Crippen LogP contribution in [0.25, 0.3) is 0 Å². The third kappa shape index (κ3) is 1.55. The fourth-order valence-corrected chi connectivity index (χ4v) is 5.47. The van der Waals surface area contributed by atoms with Gasteiger partial charge in [-0.1, -0.05) is 13.8 Å². The van der Waals surface area contributed by atoms with Crippen molar-refractivity contribution in [2.24, 2.45) is 23.7 Å². The van der Waals surface area contributed by atoms with Gasteiger partial charge in [-0.25, -0.2) is 9.78 Å². The van der Waals surface area contributed by atoms with Crippen molar-refractivity contribution >= 4 is 0 Å². The molecule has 5 aliphatic rings. The molecule has 5 fully saturated rings. The lowest BCUT2D eigenvalue weighted by Gasteiger charge is -2.59. The maximum atomic E-state index is 6.38. The van der Waals surface area contributed by atoms with Gasteiger partial charge in [-0.05, 0) is 62.7 Å². The molecule has 3 saturated heterocycles. The molecule has 3 nitrogen and oxygen atoms in total. The Morgan fingerprint density at radius 3 is 2.32 bits per heavy atom. The highest BCUT2D eigenvalue weighted by molar-refractivity contribution is 5.11. The van der Waals surface area contributed by atoms with Crippen molar-refractivity contribution in [3.63, 3.8) is 0 Å². The minimum atomic E-state index is -0.502. The van der Waals surface area contributed by atoms with Gasteiger partial charge < -0.3 is 4.74 Å². The number of rotatable bonds is 0. The predicted octanol–water partition coefficient (Wildman–Crippen LogP) is 3.67. The fourth-order valence-electron chi connectivity index (χ4n) is 5.47. The molecular formula is C16H26O3. The fraction of sp³-hybridized carbons (Fsp3) is 1.00. The molecule has 2 aliphatic carbocycles. The van der Waals surface area contributed by atoms with Crippen LogP contribution >= 0.6 is 0 Å². The van der Waals surface area contributed by atoms with Gasteiger partial charge in [0.05, 0.1) is 6.10 Å². The minimum Gasteiger partial charge on any atom is -0.341 e. The zero-order valence-corrected chi connectivity index (χ0v) is 12.4. The largest absolute Gasteiger partial charge is 0.341 e. The molecule has 0 aromatic heterocycles. The second kappa shape index (κ2) is 3.96. The Balaban J connectivity index is 1.81.